The highest BCUT2D eigenvalue weighted by atomic mass is 16.5. The van der Waals surface area contributed by atoms with Gasteiger partial charge in [-0.3, -0.25) is 9.59 Å². The third-order valence-electron chi connectivity index (χ3n) is 5.44. The van der Waals surface area contributed by atoms with Crippen LogP contribution in [0.15, 0.2) is 59.2 Å². The minimum Gasteiger partial charge on any atom is -0.493 e. The summed E-state index contributed by atoms with van der Waals surface area (Å²) in [6, 6.07) is 14.4. The van der Waals surface area contributed by atoms with Crippen LogP contribution in [-0.2, 0) is 6.42 Å². The molecule has 2 N–H and O–H groups in total. The van der Waals surface area contributed by atoms with Crippen LogP contribution in [0.5, 0.6) is 11.5 Å². The molecule has 1 aliphatic rings. The Morgan fingerprint density at radius 2 is 1.77 bits per heavy atom. The van der Waals surface area contributed by atoms with Gasteiger partial charge in [-0.15, -0.1) is 0 Å². The first-order valence-corrected chi connectivity index (χ1v) is 10.1. The molecule has 0 bridgehead atoms. The Hall–Kier alpha value is -3.74. The van der Waals surface area contributed by atoms with E-state index in [2.05, 4.69) is 16.7 Å². The molecular formula is C24H24N2O5. The Kier molecular flexibility index (Phi) is 5.93. The predicted molar refractivity (Wildman–Crippen MR) is 116 cm³/mol. The van der Waals surface area contributed by atoms with E-state index in [9.17, 15) is 9.59 Å². The van der Waals surface area contributed by atoms with Crippen LogP contribution in [0.4, 0.5) is 5.69 Å². The second-order valence-corrected chi connectivity index (χ2v) is 7.30. The minimum atomic E-state index is -0.464. The van der Waals surface area contributed by atoms with Crippen molar-refractivity contribution in [3.63, 3.8) is 0 Å². The van der Waals surface area contributed by atoms with E-state index in [4.69, 9.17) is 13.9 Å². The molecule has 0 fully saturated rings. The van der Waals surface area contributed by atoms with Gasteiger partial charge in [0.25, 0.3) is 11.8 Å². The Morgan fingerprint density at radius 3 is 2.52 bits per heavy atom. The van der Waals surface area contributed by atoms with Crippen molar-refractivity contribution in [1.29, 1.82) is 0 Å². The summed E-state index contributed by atoms with van der Waals surface area (Å²) in [5.74, 6) is 0.165. The lowest BCUT2D eigenvalue weighted by atomic mass is 9.87. The zero-order valence-corrected chi connectivity index (χ0v) is 17.4. The molecule has 1 atom stereocenters. The van der Waals surface area contributed by atoms with Gasteiger partial charge in [0, 0.05) is 6.07 Å². The van der Waals surface area contributed by atoms with Crippen molar-refractivity contribution >= 4 is 17.5 Å². The molecule has 1 aromatic heterocycles. The standard InChI is InChI=1S/C24H24N2O5/c1-29-21-13-17(19(14-22(21)30-2)26-24(28)20-11-6-12-31-20)23(27)25-18-10-5-8-15-7-3-4-9-16(15)18/h3-4,6-7,9,11-14,18H,5,8,10H2,1-2H3,(H,25,27)(H,26,28)/t18-/m0/s1. The number of fused-ring (bicyclic) bond motifs is 1. The summed E-state index contributed by atoms with van der Waals surface area (Å²) in [7, 11) is 2.99. The first-order valence-electron chi connectivity index (χ1n) is 10.1. The number of methoxy groups -OCH3 is 2. The molecule has 7 nitrogen and oxygen atoms in total. The summed E-state index contributed by atoms with van der Waals surface area (Å²) < 4.78 is 15.9. The molecule has 0 spiro atoms. The molecule has 2 aromatic carbocycles. The van der Waals surface area contributed by atoms with Crippen LogP contribution in [0.2, 0.25) is 0 Å². The van der Waals surface area contributed by atoms with Crippen molar-refractivity contribution in [3.8, 4) is 11.5 Å². The van der Waals surface area contributed by atoms with Gasteiger partial charge < -0.3 is 24.5 Å². The largest absolute Gasteiger partial charge is 0.493 e. The van der Waals surface area contributed by atoms with Gasteiger partial charge in [-0.2, -0.15) is 0 Å². The van der Waals surface area contributed by atoms with Gasteiger partial charge in [-0.25, -0.2) is 0 Å². The van der Waals surface area contributed by atoms with Crippen molar-refractivity contribution in [3.05, 3.63) is 77.2 Å². The zero-order chi connectivity index (χ0) is 21.8. The third kappa shape index (κ3) is 4.26. The maximum absolute atomic E-state index is 13.3. The van der Waals surface area contributed by atoms with E-state index in [0.717, 1.165) is 24.8 Å². The first kappa shape index (κ1) is 20.5. The molecule has 31 heavy (non-hydrogen) atoms. The predicted octanol–water partition coefficient (Wildman–Crippen LogP) is 4.36. The SMILES string of the molecule is COc1cc(NC(=O)c2ccco2)c(C(=O)N[C@H]2CCCc3ccccc32)cc1OC. The van der Waals surface area contributed by atoms with Crippen LogP contribution in [0, 0.1) is 0 Å². The van der Waals surface area contributed by atoms with E-state index in [1.165, 1.54) is 26.0 Å². The van der Waals surface area contributed by atoms with Gasteiger partial charge in [-0.1, -0.05) is 24.3 Å². The molecule has 4 rings (SSSR count). The molecule has 0 saturated carbocycles. The number of aryl methyl sites for hydroxylation is 1. The molecule has 0 unspecified atom stereocenters. The smallest absolute Gasteiger partial charge is 0.291 e. The van der Waals surface area contributed by atoms with Gasteiger partial charge in [0.15, 0.2) is 17.3 Å². The van der Waals surface area contributed by atoms with Crippen molar-refractivity contribution in [2.75, 3.05) is 19.5 Å². The van der Waals surface area contributed by atoms with Gasteiger partial charge >= 0.3 is 0 Å². The maximum atomic E-state index is 13.3. The van der Waals surface area contributed by atoms with Crippen LogP contribution in [-0.4, -0.2) is 26.0 Å². The van der Waals surface area contributed by atoms with Crippen LogP contribution in [0.3, 0.4) is 0 Å². The Balaban J connectivity index is 1.66. The van der Waals surface area contributed by atoms with Gasteiger partial charge in [0.05, 0.1) is 37.8 Å². The van der Waals surface area contributed by atoms with E-state index >= 15 is 0 Å². The van der Waals surface area contributed by atoms with Crippen molar-refractivity contribution in [2.24, 2.45) is 0 Å². The number of rotatable bonds is 6. The monoisotopic (exact) mass is 420 g/mol. The number of hydrogen-bond donors (Lipinski definition) is 2. The molecule has 1 heterocycles. The van der Waals surface area contributed by atoms with E-state index in [1.54, 1.807) is 24.3 Å². The molecule has 1 aliphatic carbocycles. The second-order valence-electron chi connectivity index (χ2n) is 7.30. The number of hydrogen-bond acceptors (Lipinski definition) is 5. The van der Waals surface area contributed by atoms with E-state index in [1.807, 2.05) is 18.2 Å². The molecule has 0 saturated heterocycles. The fourth-order valence-corrected chi connectivity index (χ4v) is 3.90. The van der Waals surface area contributed by atoms with E-state index < -0.39 is 5.91 Å². The summed E-state index contributed by atoms with van der Waals surface area (Å²) in [6.07, 6.45) is 4.27. The lowest BCUT2D eigenvalue weighted by molar-refractivity contribution is 0.0933. The lowest BCUT2D eigenvalue weighted by Crippen LogP contribution is -2.31. The number of ether oxygens (including phenoxy) is 2. The fourth-order valence-electron chi connectivity index (χ4n) is 3.90. The minimum absolute atomic E-state index is 0.0980. The number of nitrogens with one attached hydrogen (secondary N) is 2. The molecule has 0 aliphatic heterocycles. The molecule has 2 amide bonds. The third-order valence-corrected chi connectivity index (χ3v) is 5.44. The van der Waals surface area contributed by atoms with Crippen molar-refractivity contribution < 1.29 is 23.5 Å². The average molecular weight is 420 g/mol. The highest BCUT2D eigenvalue weighted by Crippen LogP contribution is 2.35. The highest BCUT2D eigenvalue weighted by molar-refractivity contribution is 6.08. The summed E-state index contributed by atoms with van der Waals surface area (Å²) in [6.45, 7) is 0. The number of anilines is 1. The van der Waals surface area contributed by atoms with E-state index in [0.29, 0.717) is 17.2 Å². The summed E-state index contributed by atoms with van der Waals surface area (Å²) in [5, 5.41) is 5.87. The van der Waals surface area contributed by atoms with Gasteiger partial charge in [0.1, 0.15) is 0 Å². The summed E-state index contributed by atoms with van der Waals surface area (Å²) in [4.78, 5) is 25.8. The molecule has 160 valence electrons. The van der Waals surface area contributed by atoms with Crippen molar-refractivity contribution in [2.45, 2.75) is 25.3 Å². The topological polar surface area (TPSA) is 89.8 Å². The number of carbonyl (C=O) groups excluding carboxylic acids is 2. The van der Waals surface area contributed by atoms with E-state index in [-0.39, 0.29) is 23.3 Å². The number of carbonyl (C=O) groups is 2. The molecule has 3 aromatic rings. The summed E-state index contributed by atoms with van der Waals surface area (Å²) in [5.41, 5.74) is 2.96. The number of amides is 2. The van der Waals surface area contributed by atoms with Crippen LogP contribution < -0.4 is 20.1 Å². The maximum Gasteiger partial charge on any atom is 0.291 e. The summed E-state index contributed by atoms with van der Waals surface area (Å²) >= 11 is 0. The Morgan fingerprint density at radius 1 is 1.00 bits per heavy atom. The molecule has 7 heteroatoms. The average Bonchev–Trinajstić information content (AvgIpc) is 3.34. The number of benzene rings is 2. The van der Waals surface area contributed by atoms with Gasteiger partial charge in [-0.05, 0) is 48.6 Å². The van der Waals surface area contributed by atoms with Crippen LogP contribution >= 0.6 is 0 Å². The Bertz CT molecular complexity index is 1090. The molecule has 0 radical (unpaired) electrons. The zero-order valence-electron chi connectivity index (χ0n) is 17.4. The van der Waals surface area contributed by atoms with Crippen LogP contribution in [0.25, 0.3) is 0 Å². The number of furan rings is 1. The normalized spacial score (nSPS) is 15.0. The lowest BCUT2D eigenvalue weighted by Gasteiger charge is -2.27. The van der Waals surface area contributed by atoms with Crippen LogP contribution in [0.1, 0.15) is 50.9 Å². The Labute approximate surface area is 180 Å². The highest BCUT2D eigenvalue weighted by Gasteiger charge is 2.25. The van der Waals surface area contributed by atoms with Crippen molar-refractivity contribution in [1.82, 2.24) is 5.32 Å². The van der Waals surface area contributed by atoms with Gasteiger partial charge in [0.2, 0.25) is 0 Å². The fraction of sp³-hybridized carbons (Fsp3) is 0.250. The first-order chi connectivity index (χ1) is 15.1. The quantitative estimate of drug-likeness (QED) is 0.619. The molecular weight excluding hydrogens is 396 g/mol. The second kappa shape index (κ2) is 8.95.